The molecular weight excluding hydrogens is 396 g/mol. The van der Waals surface area contributed by atoms with Crippen LogP contribution >= 0.6 is 0 Å². The molecule has 0 aliphatic carbocycles. The van der Waals surface area contributed by atoms with Gasteiger partial charge in [0.15, 0.2) is 23.0 Å². The molecule has 2 aliphatic heterocycles. The topological polar surface area (TPSA) is 63.2 Å². The van der Waals surface area contributed by atoms with Crippen molar-refractivity contribution in [3.8, 4) is 28.7 Å². The molecule has 3 aromatic carbocycles. The van der Waals surface area contributed by atoms with Gasteiger partial charge in [0.1, 0.15) is 5.75 Å². The van der Waals surface area contributed by atoms with Crippen LogP contribution in [0, 0.1) is 0 Å². The molecule has 0 fully saturated rings. The largest absolute Gasteiger partial charge is 0.493 e. The van der Waals surface area contributed by atoms with Gasteiger partial charge in [-0.3, -0.25) is 4.79 Å². The molecule has 0 N–H and O–H groups in total. The maximum absolute atomic E-state index is 12.3. The number of hydrogen-bond donors (Lipinski definition) is 0. The van der Waals surface area contributed by atoms with E-state index in [0.717, 1.165) is 17.5 Å². The molecular formula is C25H22O6. The normalized spacial score (nSPS) is 16.4. The van der Waals surface area contributed by atoms with Gasteiger partial charge < -0.3 is 23.7 Å². The molecule has 6 heteroatoms. The summed E-state index contributed by atoms with van der Waals surface area (Å²) in [5.41, 5.74) is 3.06. The standard InChI is InChI=1S/C25H22O6/c1-27-22-11-17(7-8-20(22)28-10-9-16-5-3-2-4-6-16)18-13-25(26)31-21-14-24-23(12-19(18)21)29-15-30-24/h2-8,11-12,14,18H,9-10,13,15H2,1H3. The number of hydrogen-bond acceptors (Lipinski definition) is 6. The maximum Gasteiger partial charge on any atom is 0.312 e. The third kappa shape index (κ3) is 3.89. The number of benzene rings is 3. The SMILES string of the molecule is COc1cc(C2CC(=O)Oc3cc4c(cc32)OCO4)ccc1OCCc1ccccc1. The Morgan fingerprint density at radius 1 is 0.935 bits per heavy atom. The molecule has 2 heterocycles. The summed E-state index contributed by atoms with van der Waals surface area (Å²) in [6.07, 6.45) is 1.05. The first kappa shape index (κ1) is 19.3. The Morgan fingerprint density at radius 2 is 1.74 bits per heavy atom. The van der Waals surface area contributed by atoms with Crippen LogP contribution in [0.5, 0.6) is 28.7 Å². The van der Waals surface area contributed by atoms with E-state index < -0.39 is 0 Å². The van der Waals surface area contributed by atoms with Crippen LogP contribution in [-0.2, 0) is 11.2 Å². The number of methoxy groups -OCH3 is 1. The second-order valence-electron chi connectivity index (χ2n) is 7.47. The molecule has 0 amide bonds. The van der Waals surface area contributed by atoms with Gasteiger partial charge in [-0.15, -0.1) is 0 Å². The molecule has 1 atom stereocenters. The molecule has 0 bridgehead atoms. The minimum Gasteiger partial charge on any atom is -0.493 e. The fraction of sp³-hybridized carbons (Fsp3) is 0.240. The second kappa shape index (κ2) is 8.22. The van der Waals surface area contributed by atoms with Crippen LogP contribution in [0.4, 0.5) is 0 Å². The number of esters is 1. The molecule has 1 unspecified atom stereocenters. The van der Waals surface area contributed by atoms with Gasteiger partial charge in [0.2, 0.25) is 6.79 Å². The molecule has 31 heavy (non-hydrogen) atoms. The van der Waals surface area contributed by atoms with Crippen molar-refractivity contribution in [3.05, 3.63) is 77.4 Å². The molecule has 158 valence electrons. The highest BCUT2D eigenvalue weighted by atomic mass is 16.7. The van der Waals surface area contributed by atoms with Crippen molar-refractivity contribution in [2.24, 2.45) is 0 Å². The lowest BCUT2D eigenvalue weighted by Crippen LogP contribution is -2.21. The number of rotatable bonds is 6. The van der Waals surface area contributed by atoms with Gasteiger partial charge in [-0.25, -0.2) is 0 Å². The smallest absolute Gasteiger partial charge is 0.312 e. The zero-order valence-electron chi connectivity index (χ0n) is 17.1. The van der Waals surface area contributed by atoms with Crippen LogP contribution in [0.1, 0.15) is 29.0 Å². The van der Waals surface area contributed by atoms with Gasteiger partial charge in [-0.2, -0.15) is 0 Å². The minimum atomic E-state index is -0.279. The molecule has 6 nitrogen and oxygen atoms in total. The van der Waals surface area contributed by atoms with Crippen molar-refractivity contribution in [3.63, 3.8) is 0 Å². The van der Waals surface area contributed by atoms with Crippen LogP contribution in [0.25, 0.3) is 0 Å². The summed E-state index contributed by atoms with van der Waals surface area (Å²) in [6.45, 7) is 0.710. The molecule has 0 aromatic heterocycles. The van der Waals surface area contributed by atoms with Crippen molar-refractivity contribution in [2.45, 2.75) is 18.8 Å². The molecule has 0 spiro atoms. The minimum absolute atomic E-state index is 0.166. The molecule has 5 rings (SSSR count). The molecule has 0 saturated carbocycles. The van der Waals surface area contributed by atoms with Crippen molar-refractivity contribution >= 4 is 5.97 Å². The van der Waals surface area contributed by atoms with E-state index in [-0.39, 0.29) is 25.1 Å². The highest BCUT2D eigenvalue weighted by Crippen LogP contribution is 2.47. The summed E-state index contributed by atoms with van der Waals surface area (Å²) in [5, 5.41) is 0. The van der Waals surface area contributed by atoms with Crippen molar-refractivity contribution < 1.29 is 28.5 Å². The summed E-state index contributed by atoms with van der Waals surface area (Å²) < 4.78 is 27.9. The third-order valence-corrected chi connectivity index (χ3v) is 5.56. The zero-order valence-corrected chi connectivity index (χ0v) is 17.1. The van der Waals surface area contributed by atoms with Crippen LogP contribution in [0.2, 0.25) is 0 Å². The molecule has 0 saturated heterocycles. The Hall–Kier alpha value is -3.67. The highest BCUT2D eigenvalue weighted by Gasteiger charge is 2.32. The second-order valence-corrected chi connectivity index (χ2v) is 7.47. The highest BCUT2D eigenvalue weighted by molar-refractivity contribution is 5.78. The lowest BCUT2D eigenvalue weighted by molar-refractivity contribution is -0.135. The quantitative estimate of drug-likeness (QED) is 0.434. The zero-order chi connectivity index (χ0) is 21.2. The van der Waals surface area contributed by atoms with E-state index in [1.54, 1.807) is 13.2 Å². The fourth-order valence-corrected chi connectivity index (χ4v) is 3.98. The first-order valence-electron chi connectivity index (χ1n) is 10.2. The number of carbonyl (C=O) groups excluding carboxylic acids is 1. The summed E-state index contributed by atoms with van der Waals surface area (Å²) >= 11 is 0. The van der Waals surface area contributed by atoms with E-state index in [4.69, 9.17) is 23.7 Å². The lowest BCUT2D eigenvalue weighted by atomic mass is 9.86. The van der Waals surface area contributed by atoms with E-state index in [1.807, 2.05) is 42.5 Å². The average Bonchev–Trinajstić information content (AvgIpc) is 3.25. The average molecular weight is 418 g/mol. The Labute approximate surface area is 180 Å². The number of carbonyl (C=O) groups is 1. The first-order chi connectivity index (χ1) is 15.2. The molecule has 3 aromatic rings. The summed E-state index contributed by atoms with van der Waals surface area (Å²) in [7, 11) is 1.62. The first-order valence-corrected chi connectivity index (χ1v) is 10.2. The van der Waals surface area contributed by atoms with E-state index >= 15 is 0 Å². The van der Waals surface area contributed by atoms with E-state index in [0.29, 0.717) is 35.4 Å². The van der Waals surface area contributed by atoms with Crippen molar-refractivity contribution in [2.75, 3.05) is 20.5 Å². The van der Waals surface area contributed by atoms with E-state index in [1.165, 1.54) is 5.56 Å². The third-order valence-electron chi connectivity index (χ3n) is 5.56. The molecule has 0 radical (unpaired) electrons. The van der Waals surface area contributed by atoms with Crippen LogP contribution in [0.15, 0.2) is 60.7 Å². The van der Waals surface area contributed by atoms with Gasteiger partial charge in [-0.1, -0.05) is 36.4 Å². The Kier molecular flexibility index (Phi) is 5.12. The summed E-state index contributed by atoms with van der Waals surface area (Å²) in [5.74, 6) is 2.61. The lowest BCUT2D eigenvalue weighted by Gasteiger charge is -2.25. The Bertz CT molecular complexity index is 1110. The van der Waals surface area contributed by atoms with Crippen LogP contribution in [-0.4, -0.2) is 26.5 Å². The maximum atomic E-state index is 12.3. The van der Waals surface area contributed by atoms with Gasteiger partial charge in [-0.05, 0) is 29.3 Å². The van der Waals surface area contributed by atoms with Gasteiger partial charge >= 0.3 is 5.97 Å². The van der Waals surface area contributed by atoms with Gasteiger partial charge in [0.05, 0.1) is 20.1 Å². The summed E-state index contributed by atoms with van der Waals surface area (Å²) in [4.78, 5) is 12.3. The Balaban J connectivity index is 1.39. The number of ether oxygens (including phenoxy) is 5. The van der Waals surface area contributed by atoms with Crippen LogP contribution in [0.3, 0.4) is 0 Å². The van der Waals surface area contributed by atoms with Crippen molar-refractivity contribution in [1.82, 2.24) is 0 Å². The van der Waals surface area contributed by atoms with E-state index in [9.17, 15) is 4.79 Å². The van der Waals surface area contributed by atoms with Crippen molar-refractivity contribution in [1.29, 1.82) is 0 Å². The predicted octanol–water partition coefficient (Wildman–Crippen LogP) is 4.49. The fourth-order valence-electron chi connectivity index (χ4n) is 3.98. The van der Waals surface area contributed by atoms with Crippen LogP contribution < -0.4 is 23.7 Å². The number of fused-ring (bicyclic) bond motifs is 2. The van der Waals surface area contributed by atoms with E-state index in [2.05, 4.69) is 12.1 Å². The summed E-state index contributed by atoms with van der Waals surface area (Å²) in [6, 6.07) is 19.6. The molecule has 2 aliphatic rings. The van der Waals surface area contributed by atoms with Gasteiger partial charge in [0, 0.05) is 24.0 Å². The Morgan fingerprint density at radius 3 is 2.55 bits per heavy atom. The predicted molar refractivity (Wildman–Crippen MR) is 113 cm³/mol. The monoisotopic (exact) mass is 418 g/mol. The van der Waals surface area contributed by atoms with Gasteiger partial charge in [0.25, 0.3) is 0 Å².